The Morgan fingerprint density at radius 3 is 2.86 bits per heavy atom. The standard InChI is InChI=1S/C11H14N2.ClH/c1-2-10(12)8-4-3-5-11-9(8)6-7-13-11;/h3-7,10,13H,2,12H2,1H3;1H/t10-;/m1./s1. The molecule has 2 nitrogen and oxygen atoms in total. The SMILES string of the molecule is CC[C@@H](N)c1cccc2[nH]ccc12.Cl. The van der Waals surface area contributed by atoms with Gasteiger partial charge in [0.1, 0.15) is 0 Å². The highest BCUT2D eigenvalue weighted by atomic mass is 35.5. The van der Waals surface area contributed by atoms with E-state index < -0.39 is 0 Å². The molecular formula is C11H15ClN2. The fourth-order valence-corrected chi connectivity index (χ4v) is 1.65. The number of halogens is 1. The summed E-state index contributed by atoms with van der Waals surface area (Å²) in [6.07, 6.45) is 2.93. The molecule has 2 aromatic rings. The number of rotatable bonds is 2. The van der Waals surface area contributed by atoms with Crippen LogP contribution >= 0.6 is 12.4 Å². The van der Waals surface area contributed by atoms with Gasteiger partial charge in [-0.25, -0.2) is 0 Å². The second kappa shape index (κ2) is 4.49. The van der Waals surface area contributed by atoms with Crippen molar-refractivity contribution in [2.75, 3.05) is 0 Å². The minimum Gasteiger partial charge on any atom is -0.361 e. The molecule has 0 spiro atoms. The van der Waals surface area contributed by atoms with E-state index in [-0.39, 0.29) is 18.4 Å². The van der Waals surface area contributed by atoms with Crippen LogP contribution in [0.5, 0.6) is 0 Å². The van der Waals surface area contributed by atoms with Gasteiger partial charge in [0.05, 0.1) is 0 Å². The summed E-state index contributed by atoms with van der Waals surface area (Å²) in [5.74, 6) is 0. The molecule has 14 heavy (non-hydrogen) atoms. The Morgan fingerprint density at radius 1 is 1.36 bits per heavy atom. The first-order valence-corrected chi connectivity index (χ1v) is 4.64. The molecule has 76 valence electrons. The molecule has 0 radical (unpaired) electrons. The Morgan fingerprint density at radius 2 is 2.14 bits per heavy atom. The van der Waals surface area contributed by atoms with Gasteiger partial charge in [0.2, 0.25) is 0 Å². The van der Waals surface area contributed by atoms with Crippen LogP contribution < -0.4 is 5.73 Å². The van der Waals surface area contributed by atoms with Crippen molar-refractivity contribution < 1.29 is 0 Å². The molecule has 0 saturated carbocycles. The largest absolute Gasteiger partial charge is 0.361 e. The number of hydrogen-bond donors (Lipinski definition) is 2. The van der Waals surface area contributed by atoms with Crippen LogP contribution in [-0.2, 0) is 0 Å². The summed E-state index contributed by atoms with van der Waals surface area (Å²) in [5.41, 5.74) is 8.41. The smallest absolute Gasteiger partial charge is 0.0457 e. The van der Waals surface area contributed by atoms with Crippen molar-refractivity contribution in [1.29, 1.82) is 0 Å². The highest BCUT2D eigenvalue weighted by Gasteiger charge is 2.07. The lowest BCUT2D eigenvalue weighted by Crippen LogP contribution is -2.08. The fraction of sp³-hybridized carbons (Fsp3) is 0.273. The van der Waals surface area contributed by atoms with Gasteiger partial charge in [-0.1, -0.05) is 19.1 Å². The van der Waals surface area contributed by atoms with Crippen LogP contribution in [0.3, 0.4) is 0 Å². The predicted molar refractivity (Wildman–Crippen MR) is 62.8 cm³/mol. The third-order valence-electron chi connectivity index (χ3n) is 2.47. The Hall–Kier alpha value is -0.990. The molecule has 1 aromatic heterocycles. The second-order valence-electron chi connectivity index (χ2n) is 3.30. The van der Waals surface area contributed by atoms with E-state index in [1.165, 1.54) is 16.5 Å². The molecule has 1 heterocycles. The normalized spacial score (nSPS) is 12.4. The molecule has 3 N–H and O–H groups in total. The molecular weight excluding hydrogens is 196 g/mol. The number of aromatic nitrogens is 1. The van der Waals surface area contributed by atoms with Crippen LogP contribution in [0.15, 0.2) is 30.5 Å². The molecule has 0 fully saturated rings. The molecule has 0 aliphatic rings. The zero-order chi connectivity index (χ0) is 9.26. The molecule has 0 bridgehead atoms. The Balaban J connectivity index is 0.000000980. The van der Waals surface area contributed by atoms with Crippen LogP contribution in [0.1, 0.15) is 24.9 Å². The van der Waals surface area contributed by atoms with E-state index in [2.05, 4.69) is 30.1 Å². The van der Waals surface area contributed by atoms with Gasteiger partial charge >= 0.3 is 0 Å². The molecule has 0 aliphatic heterocycles. The van der Waals surface area contributed by atoms with Crippen LogP contribution in [0, 0.1) is 0 Å². The zero-order valence-corrected chi connectivity index (χ0v) is 8.97. The van der Waals surface area contributed by atoms with E-state index >= 15 is 0 Å². The van der Waals surface area contributed by atoms with Gasteiger partial charge in [-0.05, 0) is 24.1 Å². The quantitative estimate of drug-likeness (QED) is 0.786. The maximum absolute atomic E-state index is 6.01. The molecule has 0 amide bonds. The molecule has 0 unspecified atom stereocenters. The summed E-state index contributed by atoms with van der Waals surface area (Å²) in [6, 6.07) is 8.45. The lowest BCUT2D eigenvalue weighted by molar-refractivity contribution is 0.704. The summed E-state index contributed by atoms with van der Waals surface area (Å²) in [6.45, 7) is 2.11. The fourth-order valence-electron chi connectivity index (χ4n) is 1.65. The van der Waals surface area contributed by atoms with E-state index in [0.29, 0.717) is 0 Å². The zero-order valence-electron chi connectivity index (χ0n) is 8.16. The maximum Gasteiger partial charge on any atom is 0.0457 e. The van der Waals surface area contributed by atoms with Crippen molar-refractivity contribution in [3.05, 3.63) is 36.0 Å². The monoisotopic (exact) mass is 210 g/mol. The van der Waals surface area contributed by atoms with Crippen molar-refractivity contribution in [3.63, 3.8) is 0 Å². The van der Waals surface area contributed by atoms with Gasteiger partial charge in [-0.2, -0.15) is 0 Å². The third-order valence-corrected chi connectivity index (χ3v) is 2.47. The highest BCUT2D eigenvalue weighted by Crippen LogP contribution is 2.23. The lowest BCUT2D eigenvalue weighted by atomic mass is 10.0. The van der Waals surface area contributed by atoms with Crippen molar-refractivity contribution in [2.45, 2.75) is 19.4 Å². The van der Waals surface area contributed by atoms with Crippen LogP contribution in [-0.4, -0.2) is 4.98 Å². The molecule has 2 rings (SSSR count). The minimum absolute atomic E-state index is 0. The van der Waals surface area contributed by atoms with Gasteiger partial charge in [0.25, 0.3) is 0 Å². The lowest BCUT2D eigenvalue weighted by Gasteiger charge is -2.09. The minimum atomic E-state index is 0. The molecule has 3 heteroatoms. The summed E-state index contributed by atoms with van der Waals surface area (Å²) >= 11 is 0. The first-order chi connectivity index (χ1) is 6.33. The second-order valence-corrected chi connectivity index (χ2v) is 3.30. The van der Waals surface area contributed by atoms with Crippen LogP contribution in [0.2, 0.25) is 0 Å². The first-order valence-electron chi connectivity index (χ1n) is 4.64. The summed E-state index contributed by atoms with van der Waals surface area (Å²) < 4.78 is 0. The molecule has 1 aromatic carbocycles. The van der Waals surface area contributed by atoms with E-state index in [4.69, 9.17) is 5.73 Å². The first kappa shape index (κ1) is 11.1. The van der Waals surface area contributed by atoms with Gasteiger partial charge in [0, 0.05) is 23.1 Å². The highest BCUT2D eigenvalue weighted by molar-refractivity contribution is 5.85. The number of nitrogens with one attached hydrogen (secondary N) is 1. The van der Waals surface area contributed by atoms with Gasteiger partial charge in [-0.15, -0.1) is 12.4 Å². The number of aromatic amines is 1. The molecule has 0 aliphatic carbocycles. The van der Waals surface area contributed by atoms with E-state index in [1.54, 1.807) is 0 Å². The van der Waals surface area contributed by atoms with Crippen molar-refractivity contribution in [2.24, 2.45) is 5.73 Å². The van der Waals surface area contributed by atoms with Crippen molar-refractivity contribution in [3.8, 4) is 0 Å². The third kappa shape index (κ3) is 1.76. The van der Waals surface area contributed by atoms with Crippen molar-refractivity contribution in [1.82, 2.24) is 4.98 Å². The average Bonchev–Trinajstić information content (AvgIpc) is 2.63. The Labute approximate surface area is 89.9 Å². The average molecular weight is 211 g/mol. The van der Waals surface area contributed by atoms with Gasteiger partial charge in [-0.3, -0.25) is 0 Å². The number of H-pyrrole nitrogens is 1. The number of fused-ring (bicyclic) bond motifs is 1. The van der Waals surface area contributed by atoms with Crippen molar-refractivity contribution >= 4 is 23.3 Å². The number of hydrogen-bond acceptors (Lipinski definition) is 1. The van der Waals surface area contributed by atoms with Crippen LogP contribution in [0.4, 0.5) is 0 Å². The summed E-state index contributed by atoms with van der Waals surface area (Å²) in [5, 5.41) is 1.25. The molecule has 0 saturated heterocycles. The Bertz CT molecular complexity index is 408. The topological polar surface area (TPSA) is 41.8 Å². The maximum atomic E-state index is 6.01. The Kier molecular flexibility index (Phi) is 3.55. The molecule has 1 atom stereocenters. The number of benzene rings is 1. The van der Waals surface area contributed by atoms with E-state index in [1.807, 2.05) is 12.3 Å². The van der Waals surface area contributed by atoms with Gasteiger partial charge < -0.3 is 10.7 Å². The van der Waals surface area contributed by atoms with Gasteiger partial charge in [0.15, 0.2) is 0 Å². The van der Waals surface area contributed by atoms with E-state index in [0.717, 1.165) is 6.42 Å². The van der Waals surface area contributed by atoms with Crippen LogP contribution in [0.25, 0.3) is 10.9 Å². The van der Waals surface area contributed by atoms with E-state index in [9.17, 15) is 0 Å². The number of nitrogens with two attached hydrogens (primary N) is 1. The summed E-state index contributed by atoms with van der Waals surface area (Å²) in [4.78, 5) is 3.18. The summed E-state index contributed by atoms with van der Waals surface area (Å²) in [7, 11) is 0. The predicted octanol–water partition coefficient (Wildman–Crippen LogP) is 3.00.